The van der Waals surface area contributed by atoms with E-state index in [4.69, 9.17) is 0 Å². The standard InChI is InChI=1S/C10H9NO2/c1-8(13)9(7-12)6-10-4-2-3-5-11-10/h2-7H,1H3/b9-6+. The van der Waals surface area contributed by atoms with Crippen LogP contribution >= 0.6 is 0 Å². The van der Waals surface area contributed by atoms with E-state index in [9.17, 15) is 9.59 Å². The topological polar surface area (TPSA) is 47.0 Å². The number of nitrogens with zero attached hydrogens (tertiary/aromatic N) is 1. The van der Waals surface area contributed by atoms with Crippen molar-refractivity contribution >= 4 is 18.1 Å². The second-order valence-corrected chi connectivity index (χ2v) is 2.53. The maximum absolute atomic E-state index is 10.9. The zero-order valence-electron chi connectivity index (χ0n) is 7.23. The molecule has 13 heavy (non-hydrogen) atoms. The Morgan fingerprint density at radius 2 is 2.23 bits per heavy atom. The Bertz CT molecular complexity index is 341. The summed E-state index contributed by atoms with van der Waals surface area (Å²) in [5.41, 5.74) is 0.749. The predicted molar refractivity (Wildman–Crippen MR) is 49.0 cm³/mol. The zero-order chi connectivity index (χ0) is 9.68. The van der Waals surface area contributed by atoms with Gasteiger partial charge in [0.15, 0.2) is 12.1 Å². The van der Waals surface area contributed by atoms with Gasteiger partial charge in [-0.25, -0.2) is 0 Å². The van der Waals surface area contributed by atoms with Crippen LogP contribution in [0.4, 0.5) is 0 Å². The lowest BCUT2D eigenvalue weighted by atomic mass is 10.1. The molecular weight excluding hydrogens is 166 g/mol. The molecular formula is C10H9NO2. The van der Waals surface area contributed by atoms with E-state index in [1.807, 2.05) is 0 Å². The van der Waals surface area contributed by atoms with E-state index in [1.165, 1.54) is 13.0 Å². The molecule has 1 heterocycles. The monoisotopic (exact) mass is 175 g/mol. The van der Waals surface area contributed by atoms with Crippen LogP contribution in [-0.2, 0) is 9.59 Å². The lowest BCUT2D eigenvalue weighted by molar-refractivity contribution is -0.115. The first-order chi connectivity index (χ1) is 6.24. The largest absolute Gasteiger partial charge is 0.298 e. The highest BCUT2D eigenvalue weighted by molar-refractivity contribution is 6.14. The molecule has 0 bridgehead atoms. The fraction of sp³-hybridized carbons (Fsp3) is 0.100. The molecule has 0 amide bonds. The van der Waals surface area contributed by atoms with Crippen molar-refractivity contribution in [3.8, 4) is 0 Å². The van der Waals surface area contributed by atoms with Crippen molar-refractivity contribution in [2.45, 2.75) is 6.92 Å². The van der Waals surface area contributed by atoms with Crippen LogP contribution in [-0.4, -0.2) is 17.1 Å². The van der Waals surface area contributed by atoms with Gasteiger partial charge in [0.1, 0.15) is 0 Å². The van der Waals surface area contributed by atoms with Gasteiger partial charge in [-0.05, 0) is 25.1 Å². The molecule has 0 unspecified atom stereocenters. The Morgan fingerprint density at radius 3 is 2.69 bits per heavy atom. The number of Topliss-reactive ketones (excluding diaryl/α,β-unsaturated/α-hetero) is 1. The predicted octanol–water partition coefficient (Wildman–Crippen LogP) is 1.25. The fourth-order valence-electron chi connectivity index (χ4n) is 0.839. The van der Waals surface area contributed by atoms with Crippen molar-refractivity contribution in [2.75, 3.05) is 0 Å². The number of rotatable bonds is 3. The van der Waals surface area contributed by atoms with E-state index in [0.29, 0.717) is 12.0 Å². The first-order valence-corrected chi connectivity index (χ1v) is 3.83. The minimum Gasteiger partial charge on any atom is -0.298 e. The molecule has 0 N–H and O–H groups in total. The van der Waals surface area contributed by atoms with Crippen molar-refractivity contribution in [3.05, 3.63) is 35.7 Å². The summed E-state index contributed by atoms with van der Waals surface area (Å²) in [6.07, 6.45) is 3.61. The van der Waals surface area contributed by atoms with E-state index in [0.717, 1.165) is 0 Å². The van der Waals surface area contributed by atoms with Crippen LogP contribution in [0.1, 0.15) is 12.6 Å². The van der Waals surface area contributed by atoms with E-state index in [1.54, 1.807) is 24.4 Å². The third-order valence-electron chi connectivity index (χ3n) is 1.52. The average molecular weight is 175 g/mol. The Balaban J connectivity index is 2.98. The molecule has 0 spiro atoms. The Labute approximate surface area is 76.1 Å². The Hall–Kier alpha value is -1.77. The van der Waals surface area contributed by atoms with Gasteiger partial charge < -0.3 is 0 Å². The summed E-state index contributed by atoms with van der Waals surface area (Å²) in [4.78, 5) is 25.2. The second kappa shape index (κ2) is 4.30. The summed E-state index contributed by atoms with van der Waals surface area (Å²) in [5.74, 6) is -0.249. The minimum absolute atomic E-state index is 0.138. The molecule has 1 aromatic rings. The van der Waals surface area contributed by atoms with Gasteiger partial charge in [-0.15, -0.1) is 0 Å². The molecule has 0 aromatic carbocycles. The molecule has 0 aliphatic carbocycles. The van der Waals surface area contributed by atoms with Crippen molar-refractivity contribution in [2.24, 2.45) is 0 Å². The molecule has 0 saturated carbocycles. The Kier molecular flexibility index (Phi) is 3.09. The molecule has 0 radical (unpaired) electrons. The number of aromatic nitrogens is 1. The van der Waals surface area contributed by atoms with Crippen molar-refractivity contribution < 1.29 is 9.59 Å². The molecule has 0 aliphatic heterocycles. The molecule has 0 atom stereocenters. The number of allylic oxidation sites excluding steroid dienone is 1. The van der Waals surface area contributed by atoms with Crippen LogP contribution in [0, 0.1) is 0 Å². The van der Waals surface area contributed by atoms with Gasteiger partial charge >= 0.3 is 0 Å². The smallest absolute Gasteiger partial charge is 0.163 e. The normalized spacial score (nSPS) is 11.0. The minimum atomic E-state index is -0.249. The highest BCUT2D eigenvalue weighted by atomic mass is 16.1. The average Bonchev–Trinajstić information content (AvgIpc) is 2.15. The molecule has 0 aliphatic rings. The van der Waals surface area contributed by atoms with Crippen LogP contribution in [0.15, 0.2) is 30.0 Å². The van der Waals surface area contributed by atoms with Crippen LogP contribution in [0.2, 0.25) is 0 Å². The van der Waals surface area contributed by atoms with Gasteiger partial charge in [-0.1, -0.05) is 6.07 Å². The molecule has 3 nitrogen and oxygen atoms in total. The number of pyridine rings is 1. The summed E-state index contributed by atoms with van der Waals surface area (Å²) in [6, 6.07) is 5.29. The maximum Gasteiger partial charge on any atom is 0.163 e. The van der Waals surface area contributed by atoms with Crippen molar-refractivity contribution in [1.82, 2.24) is 4.98 Å². The fourth-order valence-corrected chi connectivity index (χ4v) is 0.839. The first kappa shape index (κ1) is 9.32. The quantitative estimate of drug-likeness (QED) is 0.300. The lowest BCUT2D eigenvalue weighted by Crippen LogP contribution is -1.97. The van der Waals surface area contributed by atoms with Gasteiger partial charge in [-0.2, -0.15) is 0 Å². The Morgan fingerprint density at radius 1 is 1.46 bits per heavy atom. The van der Waals surface area contributed by atoms with Crippen LogP contribution in [0.5, 0.6) is 0 Å². The number of aldehydes is 1. The molecule has 0 fully saturated rings. The highest BCUT2D eigenvalue weighted by Crippen LogP contribution is 2.02. The van der Waals surface area contributed by atoms with E-state index < -0.39 is 0 Å². The molecule has 66 valence electrons. The number of carbonyl (C=O) groups excluding carboxylic acids is 2. The van der Waals surface area contributed by atoms with Crippen molar-refractivity contribution in [3.63, 3.8) is 0 Å². The van der Waals surface area contributed by atoms with Crippen molar-refractivity contribution in [1.29, 1.82) is 0 Å². The summed E-state index contributed by atoms with van der Waals surface area (Å²) in [6.45, 7) is 1.35. The summed E-state index contributed by atoms with van der Waals surface area (Å²) < 4.78 is 0. The van der Waals surface area contributed by atoms with E-state index in [-0.39, 0.29) is 11.4 Å². The summed E-state index contributed by atoms with van der Waals surface area (Å²) in [7, 11) is 0. The second-order valence-electron chi connectivity index (χ2n) is 2.53. The number of hydrogen-bond donors (Lipinski definition) is 0. The number of hydrogen-bond acceptors (Lipinski definition) is 3. The summed E-state index contributed by atoms with van der Waals surface area (Å²) in [5, 5.41) is 0. The molecule has 1 rings (SSSR count). The van der Waals surface area contributed by atoms with Gasteiger partial charge in [0, 0.05) is 6.20 Å². The SMILES string of the molecule is CC(=O)/C(C=O)=C/c1ccccn1. The van der Waals surface area contributed by atoms with Crippen LogP contribution in [0.3, 0.4) is 0 Å². The van der Waals surface area contributed by atoms with Gasteiger partial charge in [0.2, 0.25) is 0 Å². The van der Waals surface area contributed by atoms with E-state index in [2.05, 4.69) is 4.98 Å². The van der Waals surface area contributed by atoms with Gasteiger partial charge in [0.25, 0.3) is 0 Å². The van der Waals surface area contributed by atoms with E-state index >= 15 is 0 Å². The van der Waals surface area contributed by atoms with Crippen LogP contribution in [0.25, 0.3) is 6.08 Å². The third-order valence-corrected chi connectivity index (χ3v) is 1.52. The lowest BCUT2D eigenvalue weighted by Gasteiger charge is -1.93. The summed E-state index contributed by atoms with van der Waals surface area (Å²) >= 11 is 0. The van der Waals surface area contributed by atoms with Crippen LogP contribution < -0.4 is 0 Å². The number of ketones is 1. The first-order valence-electron chi connectivity index (χ1n) is 3.83. The molecule has 3 heteroatoms. The molecule has 1 aromatic heterocycles. The highest BCUT2D eigenvalue weighted by Gasteiger charge is 2.01. The molecule has 0 saturated heterocycles. The van der Waals surface area contributed by atoms with Gasteiger partial charge in [-0.3, -0.25) is 14.6 Å². The maximum atomic E-state index is 10.9. The third kappa shape index (κ3) is 2.63. The zero-order valence-corrected chi connectivity index (χ0v) is 7.23. The van der Waals surface area contributed by atoms with Gasteiger partial charge in [0.05, 0.1) is 11.3 Å². The number of carbonyl (C=O) groups is 2.